The number of carboxylic acids is 1. The summed E-state index contributed by atoms with van der Waals surface area (Å²) in [6, 6.07) is 6.82. The van der Waals surface area contributed by atoms with Crippen LogP contribution in [0.3, 0.4) is 0 Å². The number of nitrogens with one attached hydrogen (secondary N) is 1. The molecule has 0 amide bonds. The van der Waals surface area contributed by atoms with E-state index in [0.29, 0.717) is 0 Å². The second-order valence-corrected chi connectivity index (χ2v) is 3.54. The Hall–Kier alpha value is -1.03. The van der Waals surface area contributed by atoms with E-state index < -0.39 is 12.0 Å². The highest BCUT2D eigenvalue weighted by Gasteiger charge is 2.10. The maximum Gasteiger partial charge on any atom is 0.325 e. The normalized spacial score (nSPS) is 12.2. The van der Waals surface area contributed by atoms with Crippen LogP contribution < -0.4 is 5.32 Å². The summed E-state index contributed by atoms with van der Waals surface area (Å²) in [5.41, 5.74) is 0.789. The van der Waals surface area contributed by atoms with Gasteiger partial charge in [0.2, 0.25) is 0 Å². The molecule has 1 aromatic carbocycles. The molecular formula is C9H10BrNO2. The Morgan fingerprint density at radius 2 is 2.15 bits per heavy atom. The smallest absolute Gasteiger partial charge is 0.325 e. The molecule has 0 aromatic heterocycles. The summed E-state index contributed by atoms with van der Waals surface area (Å²) in [5, 5.41) is 11.5. The minimum Gasteiger partial charge on any atom is -0.480 e. The van der Waals surface area contributed by atoms with Gasteiger partial charge in [0.1, 0.15) is 6.04 Å². The molecule has 0 bridgehead atoms. The van der Waals surface area contributed by atoms with Crippen molar-refractivity contribution in [3.8, 4) is 0 Å². The minimum absolute atomic E-state index is 0.585. The zero-order valence-electron chi connectivity index (χ0n) is 7.12. The van der Waals surface area contributed by atoms with Gasteiger partial charge in [-0.2, -0.15) is 0 Å². The van der Waals surface area contributed by atoms with Gasteiger partial charge >= 0.3 is 5.97 Å². The van der Waals surface area contributed by atoms with Crippen molar-refractivity contribution in [3.05, 3.63) is 28.7 Å². The Bertz CT molecular complexity index is 314. The van der Waals surface area contributed by atoms with Crippen LogP contribution in [0.15, 0.2) is 28.7 Å². The van der Waals surface area contributed by atoms with Crippen molar-refractivity contribution in [3.63, 3.8) is 0 Å². The quantitative estimate of drug-likeness (QED) is 0.857. The Kier molecular flexibility index (Phi) is 3.31. The molecule has 1 aromatic rings. The van der Waals surface area contributed by atoms with E-state index in [1.165, 1.54) is 0 Å². The molecule has 0 aliphatic rings. The number of hydrogen-bond acceptors (Lipinski definition) is 2. The van der Waals surface area contributed by atoms with Crippen molar-refractivity contribution in [2.24, 2.45) is 0 Å². The number of rotatable bonds is 3. The molecule has 0 radical (unpaired) electrons. The van der Waals surface area contributed by atoms with Crippen molar-refractivity contribution in [1.82, 2.24) is 0 Å². The number of halogens is 1. The molecule has 70 valence electrons. The molecule has 4 heteroatoms. The summed E-state index contributed by atoms with van der Waals surface area (Å²) < 4.78 is 0.864. The van der Waals surface area contributed by atoms with Gasteiger partial charge in [-0.25, -0.2) is 0 Å². The van der Waals surface area contributed by atoms with Gasteiger partial charge in [-0.05, 0) is 35.0 Å². The van der Waals surface area contributed by atoms with Crippen LogP contribution in [0.2, 0.25) is 0 Å². The van der Waals surface area contributed by atoms with Crippen LogP contribution >= 0.6 is 15.9 Å². The number of carbonyl (C=O) groups is 1. The van der Waals surface area contributed by atoms with E-state index in [2.05, 4.69) is 21.2 Å². The van der Waals surface area contributed by atoms with E-state index in [1.807, 2.05) is 24.3 Å². The molecule has 0 saturated heterocycles. The fraction of sp³-hybridized carbons (Fsp3) is 0.222. The molecular weight excluding hydrogens is 234 g/mol. The zero-order chi connectivity index (χ0) is 9.84. The summed E-state index contributed by atoms with van der Waals surface area (Å²) in [6.07, 6.45) is 0. The third-order valence-electron chi connectivity index (χ3n) is 1.62. The van der Waals surface area contributed by atoms with Gasteiger partial charge in [-0.1, -0.05) is 12.1 Å². The van der Waals surface area contributed by atoms with E-state index in [9.17, 15) is 4.79 Å². The van der Waals surface area contributed by atoms with Gasteiger partial charge in [-0.15, -0.1) is 0 Å². The second-order valence-electron chi connectivity index (χ2n) is 2.68. The molecule has 1 rings (SSSR count). The lowest BCUT2D eigenvalue weighted by Crippen LogP contribution is -2.25. The third kappa shape index (κ3) is 2.73. The SMILES string of the molecule is C[C@H](Nc1ccccc1Br)C(=O)O. The Balaban J connectivity index is 2.74. The van der Waals surface area contributed by atoms with Crippen molar-refractivity contribution in [1.29, 1.82) is 0 Å². The summed E-state index contributed by atoms with van der Waals surface area (Å²) in [4.78, 5) is 10.5. The molecule has 0 fully saturated rings. The van der Waals surface area contributed by atoms with Crippen LogP contribution in [-0.2, 0) is 4.79 Å². The molecule has 0 saturated carbocycles. The first kappa shape index (κ1) is 10.1. The second kappa shape index (κ2) is 4.28. The highest BCUT2D eigenvalue weighted by Crippen LogP contribution is 2.21. The molecule has 0 unspecified atom stereocenters. The van der Waals surface area contributed by atoms with Crippen molar-refractivity contribution in [2.45, 2.75) is 13.0 Å². The van der Waals surface area contributed by atoms with E-state index in [1.54, 1.807) is 6.92 Å². The van der Waals surface area contributed by atoms with Crippen molar-refractivity contribution < 1.29 is 9.90 Å². The largest absolute Gasteiger partial charge is 0.480 e. The number of carboxylic acid groups (broad SMARTS) is 1. The first-order valence-corrected chi connectivity index (χ1v) is 4.64. The van der Waals surface area contributed by atoms with E-state index in [4.69, 9.17) is 5.11 Å². The van der Waals surface area contributed by atoms with Crippen molar-refractivity contribution >= 4 is 27.6 Å². The zero-order valence-corrected chi connectivity index (χ0v) is 8.71. The average Bonchev–Trinajstić information content (AvgIpc) is 2.08. The highest BCUT2D eigenvalue weighted by atomic mass is 79.9. The lowest BCUT2D eigenvalue weighted by molar-refractivity contribution is -0.137. The molecule has 0 spiro atoms. The van der Waals surface area contributed by atoms with E-state index in [0.717, 1.165) is 10.2 Å². The van der Waals surface area contributed by atoms with Crippen LogP contribution in [-0.4, -0.2) is 17.1 Å². The van der Waals surface area contributed by atoms with Crippen LogP contribution in [0.25, 0.3) is 0 Å². The molecule has 2 N–H and O–H groups in total. The van der Waals surface area contributed by atoms with Crippen LogP contribution in [0.4, 0.5) is 5.69 Å². The third-order valence-corrected chi connectivity index (χ3v) is 2.31. The van der Waals surface area contributed by atoms with Gasteiger partial charge in [0.05, 0.1) is 0 Å². The monoisotopic (exact) mass is 243 g/mol. The first-order valence-electron chi connectivity index (χ1n) is 3.85. The Morgan fingerprint density at radius 3 is 2.69 bits per heavy atom. The predicted molar refractivity (Wildman–Crippen MR) is 54.9 cm³/mol. The predicted octanol–water partition coefficient (Wildman–Crippen LogP) is 2.33. The molecule has 13 heavy (non-hydrogen) atoms. The fourth-order valence-corrected chi connectivity index (χ4v) is 1.27. The average molecular weight is 244 g/mol. The van der Waals surface area contributed by atoms with Gasteiger partial charge in [-0.3, -0.25) is 4.79 Å². The summed E-state index contributed by atoms with van der Waals surface area (Å²) in [6.45, 7) is 1.60. The minimum atomic E-state index is -0.865. The Labute approximate surface area is 84.9 Å². The molecule has 0 aliphatic carbocycles. The Morgan fingerprint density at radius 1 is 1.54 bits per heavy atom. The molecule has 0 aliphatic heterocycles. The maximum atomic E-state index is 10.5. The summed E-state index contributed by atoms with van der Waals surface area (Å²) >= 11 is 3.32. The van der Waals surface area contributed by atoms with Crippen molar-refractivity contribution in [2.75, 3.05) is 5.32 Å². The topological polar surface area (TPSA) is 49.3 Å². The summed E-state index contributed by atoms with van der Waals surface area (Å²) in [7, 11) is 0. The number of aliphatic carboxylic acids is 1. The van der Waals surface area contributed by atoms with Gasteiger partial charge in [0.15, 0.2) is 0 Å². The van der Waals surface area contributed by atoms with E-state index >= 15 is 0 Å². The van der Waals surface area contributed by atoms with Gasteiger partial charge in [0.25, 0.3) is 0 Å². The number of benzene rings is 1. The standard InChI is InChI=1S/C9H10BrNO2/c1-6(9(12)13)11-8-5-3-2-4-7(8)10/h2-6,11H,1H3,(H,12,13)/t6-/m0/s1. The molecule has 0 heterocycles. The lowest BCUT2D eigenvalue weighted by atomic mass is 10.3. The van der Waals surface area contributed by atoms with Crippen LogP contribution in [0, 0.1) is 0 Å². The van der Waals surface area contributed by atoms with Crippen LogP contribution in [0.1, 0.15) is 6.92 Å². The fourth-order valence-electron chi connectivity index (χ4n) is 0.873. The van der Waals surface area contributed by atoms with Crippen LogP contribution in [0.5, 0.6) is 0 Å². The maximum absolute atomic E-state index is 10.5. The van der Waals surface area contributed by atoms with Gasteiger partial charge < -0.3 is 10.4 Å². The number of anilines is 1. The van der Waals surface area contributed by atoms with E-state index in [-0.39, 0.29) is 0 Å². The number of para-hydroxylation sites is 1. The number of hydrogen-bond donors (Lipinski definition) is 2. The molecule has 1 atom stereocenters. The summed E-state index contributed by atoms with van der Waals surface area (Å²) in [5.74, 6) is -0.865. The molecule has 3 nitrogen and oxygen atoms in total. The van der Waals surface area contributed by atoms with Gasteiger partial charge in [0, 0.05) is 10.2 Å². The first-order chi connectivity index (χ1) is 6.11. The highest BCUT2D eigenvalue weighted by molar-refractivity contribution is 9.10. The lowest BCUT2D eigenvalue weighted by Gasteiger charge is -2.11.